The van der Waals surface area contributed by atoms with Crippen molar-refractivity contribution in [1.29, 1.82) is 0 Å². The molecule has 0 N–H and O–H groups in total. The lowest BCUT2D eigenvalue weighted by molar-refractivity contribution is -0.147. The zero-order valence-electron chi connectivity index (χ0n) is 13.1. The SMILES string of the molecule is C[C@@H](OC(=O)Cc1ncoc1-c1ccc(Br)cc1)c1ccccc1. The summed E-state index contributed by atoms with van der Waals surface area (Å²) >= 11 is 3.40. The lowest BCUT2D eigenvalue weighted by Crippen LogP contribution is -2.12. The molecular formula is C19H16BrNO3. The number of oxazole rings is 1. The Balaban J connectivity index is 1.69. The van der Waals surface area contributed by atoms with Gasteiger partial charge in [0.1, 0.15) is 6.10 Å². The van der Waals surface area contributed by atoms with Crippen LogP contribution in [0.5, 0.6) is 0 Å². The Labute approximate surface area is 148 Å². The smallest absolute Gasteiger partial charge is 0.312 e. The van der Waals surface area contributed by atoms with Crippen LogP contribution in [0.15, 0.2) is 69.9 Å². The molecule has 122 valence electrons. The third-order valence-electron chi connectivity index (χ3n) is 3.64. The summed E-state index contributed by atoms with van der Waals surface area (Å²) in [7, 11) is 0. The second-order valence-electron chi connectivity index (χ2n) is 5.35. The van der Waals surface area contributed by atoms with Crippen molar-refractivity contribution in [3.63, 3.8) is 0 Å². The van der Waals surface area contributed by atoms with Crippen molar-refractivity contribution >= 4 is 21.9 Å². The predicted octanol–water partition coefficient (Wildman–Crippen LogP) is 4.95. The van der Waals surface area contributed by atoms with E-state index in [2.05, 4.69) is 20.9 Å². The first-order valence-corrected chi connectivity index (χ1v) is 8.35. The monoisotopic (exact) mass is 385 g/mol. The molecular weight excluding hydrogens is 370 g/mol. The number of hydrogen-bond donors (Lipinski definition) is 0. The van der Waals surface area contributed by atoms with Crippen molar-refractivity contribution in [3.05, 3.63) is 76.7 Å². The topological polar surface area (TPSA) is 52.3 Å². The van der Waals surface area contributed by atoms with Gasteiger partial charge in [-0.15, -0.1) is 0 Å². The van der Waals surface area contributed by atoms with E-state index in [9.17, 15) is 4.79 Å². The molecule has 3 aromatic rings. The van der Waals surface area contributed by atoms with E-state index in [4.69, 9.17) is 9.15 Å². The van der Waals surface area contributed by atoms with Crippen molar-refractivity contribution in [2.75, 3.05) is 0 Å². The Bertz CT molecular complexity index is 812. The average Bonchev–Trinajstić information content (AvgIpc) is 3.04. The van der Waals surface area contributed by atoms with Gasteiger partial charge in [0.25, 0.3) is 0 Å². The van der Waals surface area contributed by atoms with Crippen LogP contribution in [0.25, 0.3) is 11.3 Å². The molecule has 3 rings (SSSR count). The minimum Gasteiger partial charge on any atom is -0.457 e. The second kappa shape index (κ2) is 7.45. The molecule has 0 bridgehead atoms. The van der Waals surface area contributed by atoms with Gasteiger partial charge < -0.3 is 9.15 Å². The molecule has 0 saturated carbocycles. The molecule has 4 nitrogen and oxygen atoms in total. The van der Waals surface area contributed by atoms with Crippen LogP contribution in [0.2, 0.25) is 0 Å². The highest BCUT2D eigenvalue weighted by Crippen LogP contribution is 2.26. The van der Waals surface area contributed by atoms with Crippen molar-refractivity contribution in [2.24, 2.45) is 0 Å². The fourth-order valence-electron chi connectivity index (χ4n) is 2.40. The summed E-state index contributed by atoms with van der Waals surface area (Å²) in [5.41, 5.74) is 2.40. The zero-order valence-corrected chi connectivity index (χ0v) is 14.7. The van der Waals surface area contributed by atoms with Gasteiger partial charge in [-0.1, -0.05) is 58.4 Å². The van der Waals surface area contributed by atoms with Crippen molar-refractivity contribution in [3.8, 4) is 11.3 Å². The maximum absolute atomic E-state index is 12.2. The molecule has 0 aliphatic heterocycles. The van der Waals surface area contributed by atoms with Gasteiger partial charge in [-0.2, -0.15) is 0 Å². The van der Waals surface area contributed by atoms with E-state index in [0.717, 1.165) is 15.6 Å². The van der Waals surface area contributed by atoms with Crippen LogP contribution < -0.4 is 0 Å². The molecule has 1 heterocycles. The first kappa shape index (κ1) is 16.5. The van der Waals surface area contributed by atoms with Gasteiger partial charge in [0.2, 0.25) is 0 Å². The highest BCUT2D eigenvalue weighted by molar-refractivity contribution is 9.10. The summed E-state index contributed by atoms with van der Waals surface area (Å²) in [4.78, 5) is 16.4. The maximum Gasteiger partial charge on any atom is 0.312 e. The van der Waals surface area contributed by atoms with E-state index in [1.807, 2.05) is 61.5 Å². The first-order valence-electron chi connectivity index (χ1n) is 7.56. The fraction of sp³-hybridized carbons (Fsp3) is 0.158. The summed E-state index contributed by atoms with van der Waals surface area (Å²) < 4.78 is 11.9. The number of nitrogens with zero attached hydrogens (tertiary/aromatic N) is 1. The van der Waals surface area contributed by atoms with Crippen LogP contribution in [0.4, 0.5) is 0 Å². The molecule has 24 heavy (non-hydrogen) atoms. The van der Waals surface area contributed by atoms with Gasteiger partial charge >= 0.3 is 5.97 Å². The molecule has 0 aliphatic carbocycles. The van der Waals surface area contributed by atoms with Crippen LogP contribution in [0, 0.1) is 0 Å². The van der Waals surface area contributed by atoms with Gasteiger partial charge in [0.15, 0.2) is 12.2 Å². The predicted molar refractivity (Wildman–Crippen MR) is 94.3 cm³/mol. The first-order chi connectivity index (χ1) is 11.6. The summed E-state index contributed by atoms with van der Waals surface area (Å²) in [6.07, 6.45) is 1.11. The number of ether oxygens (including phenoxy) is 1. The molecule has 0 aliphatic rings. The fourth-order valence-corrected chi connectivity index (χ4v) is 2.66. The lowest BCUT2D eigenvalue weighted by atomic mass is 10.1. The van der Waals surface area contributed by atoms with E-state index >= 15 is 0 Å². The standard InChI is InChI=1S/C19H16BrNO3/c1-13(14-5-3-2-4-6-14)24-18(22)11-17-19(23-12-21-17)15-7-9-16(20)10-8-15/h2-10,12-13H,11H2,1H3/t13-/m1/s1. The highest BCUT2D eigenvalue weighted by atomic mass is 79.9. The number of benzene rings is 2. The number of halogens is 1. The number of carbonyl (C=O) groups excluding carboxylic acids is 1. The van der Waals surface area contributed by atoms with E-state index in [1.165, 1.54) is 6.39 Å². The lowest BCUT2D eigenvalue weighted by Gasteiger charge is -2.13. The average molecular weight is 386 g/mol. The van der Waals surface area contributed by atoms with Crippen LogP contribution >= 0.6 is 15.9 Å². The summed E-state index contributed by atoms with van der Waals surface area (Å²) in [5, 5.41) is 0. The molecule has 0 unspecified atom stereocenters. The Morgan fingerprint density at radius 1 is 1.17 bits per heavy atom. The number of aromatic nitrogens is 1. The highest BCUT2D eigenvalue weighted by Gasteiger charge is 2.18. The van der Waals surface area contributed by atoms with Crippen molar-refractivity contribution in [2.45, 2.75) is 19.4 Å². The Hall–Kier alpha value is -2.40. The van der Waals surface area contributed by atoms with E-state index in [0.29, 0.717) is 11.5 Å². The van der Waals surface area contributed by atoms with Gasteiger partial charge in [0, 0.05) is 10.0 Å². The van der Waals surface area contributed by atoms with Gasteiger partial charge in [-0.3, -0.25) is 4.79 Å². The van der Waals surface area contributed by atoms with E-state index in [1.54, 1.807) is 0 Å². The maximum atomic E-state index is 12.2. The Morgan fingerprint density at radius 3 is 2.58 bits per heavy atom. The molecule has 0 spiro atoms. The largest absolute Gasteiger partial charge is 0.457 e. The molecule has 1 atom stereocenters. The molecule has 5 heteroatoms. The summed E-state index contributed by atoms with van der Waals surface area (Å²) in [6.45, 7) is 1.85. The Morgan fingerprint density at radius 2 is 1.88 bits per heavy atom. The number of hydrogen-bond acceptors (Lipinski definition) is 4. The van der Waals surface area contributed by atoms with E-state index < -0.39 is 0 Å². The van der Waals surface area contributed by atoms with Crippen LogP contribution in [0.1, 0.15) is 24.3 Å². The molecule has 2 aromatic carbocycles. The number of carbonyl (C=O) groups is 1. The third-order valence-corrected chi connectivity index (χ3v) is 4.17. The zero-order chi connectivity index (χ0) is 16.9. The summed E-state index contributed by atoms with van der Waals surface area (Å²) in [6, 6.07) is 17.3. The minimum absolute atomic E-state index is 0.0685. The molecule has 1 aromatic heterocycles. The van der Waals surface area contributed by atoms with Crippen molar-refractivity contribution < 1.29 is 13.9 Å². The van der Waals surface area contributed by atoms with E-state index in [-0.39, 0.29) is 18.5 Å². The van der Waals surface area contributed by atoms with Crippen LogP contribution in [-0.4, -0.2) is 11.0 Å². The quantitative estimate of drug-likeness (QED) is 0.582. The minimum atomic E-state index is -0.335. The van der Waals surface area contributed by atoms with Gasteiger partial charge in [-0.25, -0.2) is 4.98 Å². The van der Waals surface area contributed by atoms with Gasteiger partial charge in [-0.05, 0) is 24.6 Å². The normalized spacial score (nSPS) is 11.9. The summed E-state index contributed by atoms with van der Waals surface area (Å²) in [5.74, 6) is 0.255. The Kier molecular flexibility index (Phi) is 5.11. The van der Waals surface area contributed by atoms with Crippen LogP contribution in [-0.2, 0) is 16.0 Å². The molecule has 0 fully saturated rings. The number of rotatable bonds is 5. The molecule has 0 amide bonds. The second-order valence-corrected chi connectivity index (χ2v) is 6.27. The molecule has 0 radical (unpaired) electrons. The van der Waals surface area contributed by atoms with Crippen LogP contribution in [0.3, 0.4) is 0 Å². The van der Waals surface area contributed by atoms with Crippen molar-refractivity contribution in [1.82, 2.24) is 4.98 Å². The third kappa shape index (κ3) is 3.92. The number of esters is 1. The molecule has 0 saturated heterocycles. The van der Waals surface area contributed by atoms with Gasteiger partial charge in [0.05, 0.1) is 12.1 Å².